The number of piperidine rings is 1. The number of fused-ring (bicyclic) bond motifs is 1. The highest BCUT2D eigenvalue weighted by atomic mass is 16.5. The van der Waals surface area contributed by atoms with Gasteiger partial charge in [0, 0.05) is 45.2 Å². The quantitative estimate of drug-likeness (QED) is 0.848. The maximum absolute atomic E-state index is 13.0. The van der Waals surface area contributed by atoms with Crippen LogP contribution in [0.15, 0.2) is 24.3 Å². The van der Waals surface area contributed by atoms with Crippen LogP contribution >= 0.6 is 0 Å². The van der Waals surface area contributed by atoms with Crippen LogP contribution in [0.2, 0.25) is 0 Å². The molecule has 1 aromatic heterocycles. The molecule has 2 aliphatic rings. The van der Waals surface area contributed by atoms with Gasteiger partial charge in [-0.1, -0.05) is 18.2 Å². The fourth-order valence-electron chi connectivity index (χ4n) is 4.35. The Bertz CT molecular complexity index is 791. The number of amides is 1. The Kier molecular flexibility index (Phi) is 4.71. The molecule has 4 rings (SSSR count). The molecule has 0 radical (unpaired) electrons. The van der Waals surface area contributed by atoms with E-state index in [-0.39, 0.29) is 17.6 Å². The van der Waals surface area contributed by atoms with Gasteiger partial charge in [0.1, 0.15) is 0 Å². The van der Waals surface area contributed by atoms with Gasteiger partial charge in [-0.2, -0.15) is 5.10 Å². The number of aromatic nitrogens is 2. The first kappa shape index (κ1) is 17.5. The second-order valence-electron chi connectivity index (χ2n) is 7.38. The van der Waals surface area contributed by atoms with Gasteiger partial charge in [-0.3, -0.25) is 9.48 Å². The van der Waals surface area contributed by atoms with Crippen LogP contribution in [0, 0.1) is 0 Å². The van der Waals surface area contributed by atoms with Crippen molar-refractivity contribution in [3.8, 4) is 0 Å². The van der Waals surface area contributed by atoms with E-state index in [0.29, 0.717) is 18.8 Å². The number of likely N-dealkylation sites (tertiary alicyclic amines) is 1. The molecule has 1 unspecified atom stereocenters. The van der Waals surface area contributed by atoms with Crippen LogP contribution in [-0.4, -0.2) is 58.6 Å². The fraction of sp³-hybridized carbons (Fsp3) is 0.600. The number of para-hydroxylation sites is 1. The van der Waals surface area contributed by atoms with Gasteiger partial charge in [0.25, 0.3) is 5.91 Å². The lowest BCUT2D eigenvalue weighted by Gasteiger charge is -2.45. The number of nitrogens with zero attached hydrogens (tertiary/aromatic N) is 3. The van der Waals surface area contributed by atoms with Crippen molar-refractivity contribution in [1.29, 1.82) is 0 Å². The second kappa shape index (κ2) is 7.00. The van der Waals surface area contributed by atoms with E-state index < -0.39 is 0 Å². The van der Waals surface area contributed by atoms with Crippen LogP contribution in [0.5, 0.6) is 0 Å². The SMILES string of the molecule is CCOC1CCOC2(CCN(C(=O)c3nn(C)c4ccccc34)CC2)C1. The molecule has 0 saturated carbocycles. The zero-order valence-electron chi connectivity index (χ0n) is 15.6. The molecule has 6 nitrogen and oxygen atoms in total. The second-order valence-corrected chi connectivity index (χ2v) is 7.38. The minimum absolute atomic E-state index is 0.0221. The first-order chi connectivity index (χ1) is 12.6. The topological polar surface area (TPSA) is 56.6 Å². The van der Waals surface area contributed by atoms with E-state index in [9.17, 15) is 4.79 Å². The lowest BCUT2D eigenvalue weighted by molar-refractivity contribution is -0.151. The molecule has 0 aliphatic carbocycles. The smallest absolute Gasteiger partial charge is 0.275 e. The van der Waals surface area contributed by atoms with Crippen molar-refractivity contribution in [2.75, 3.05) is 26.3 Å². The maximum Gasteiger partial charge on any atom is 0.275 e. The summed E-state index contributed by atoms with van der Waals surface area (Å²) < 4.78 is 13.8. The van der Waals surface area contributed by atoms with Gasteiger partial charge in [-0.15, -0.1) is 0 Å². The number of ether oxygens (including phenoxy) is 2. The molecule has 1 amide bonds. The predicted octanol–water partition coefficient (Wildman–Crippen LogP) is 2.76. The van der Waals surface area contributed by atoms with Crippen molar-refractivity contribution in [2.24, 2.45) is 7.05 Å². The molecule has 1 spiro atoms. The predicted molar refractivity (Wildman–Crippen MR) is 99.2 cm³/mol. The Morgan fingerprint density at radius 1 is 1.35 bits per heavy atom. The molecule has 2 aromatic rings. The third kappa shape index (κ3) is 3.12. The van der Waals surface area contributed by atoms with E-state index in [0.717, 1.165) is 49.8 Å². The maximum atomic E-state index is 13.0. The Labute approximate surface area is 154 Å². The number of carbonyl (C=O) groups excluding carboxylic acids is 1. The molecule has 1 aromatic carbocycles. The monoisotopic (exact) mass is 357 g/mol. The molecule has 2 aliphatic heterocycles. The van der Waals surface area contributed by atoms with Gasteiger partial charge in [0.05, 0.1) is 17.2 Å². The average Bonchev–Trinajstić information content (AvgIpc) is 2.99. The van der Waals surface area contributed by atoms with Gasteiger partial charge >= 0.3 is 0 Å². The zero-order chi connectivity index (χ0) is 18.1. The number of benzene rings is 1. The highest BCUT2D eigenvalue weighted by Gasteiger charge is 2.41. The fourth-order valence-corrected chi connectivity index (χ4v) is 4.35. The standard InChI is InChI=1S/C20H27N3O3/c1-3-25-15-8-13-26-20(14-15)9-11-23(12-10-20)19(24)18-16-6-4-5-7-17(16)22(2)21-18/h4-7,15H,3,8-14H2,1-2H3. The normalized spacial score (nSPS) is 22.8. The summed E-state index contributed by atoms with van der Waals surface area (Å²) in [5, 5.41) is 5.40. The lowest BCUT2D eigenvalue weighted by atomic mass is 9.83. The van der Waals surface area contributed by atoms with Crippen molar-refractivity contribution >= 4 is 16.8 Å². The first-order valence-electron chi connectivity index (χ1n) is 9.58. The number of hydrogen-bond acceptors (Lipinski definition) is 4. The molecule has 0 bridgehead atoms. The van der Waals surface area contributed by atoms with Gasteiger partial charge in [0.2, 0.25) is 0 Å². The van der Waals surface area contributed by atoms with Crippen LogP contribution in [0.25, 0.3) is 10.9 Å². The van der Waals surface area contributed by atoms with Gasteiger partial charge in [-0.05, 0) is 32.3 Å². The molecular weight excluding hydrogens is 330 g/mol. The molecule has 26 heavy (non-hydrogen) atoms. The highest BCUT2D eigenvalue weighted by molar-refractivity contribution is 6.04. The van der Waals surface area contributed by atoms with Crippen molar-refractivity contribution < 1.29 is 14.3 Å². The Morgan fingerprint density at radius 3 is 2.88 bits per heavy atom. The summed E-state index contributed by atoms with van der Waals surface area (Å²) in [4.78, 5) is 15.0. The van der Waals surface area contributed by atoms with Crippen molar-refractivity contribution in [3.05, 3.63) is 30.0 Å². The van der Waals surface area contributed by atoms with Crippen LogP contribution in [0.3, 0.4) is 0 Å². The number of carbonyl (C=O) groups is 1. The molecule has 140 valence electrons. The number of rotatable bonds is 3. The van der Waals surface area contributed by atoms with Crippen molar-refractivity contribution in [2.45, 2.75) is 44.3 Å². The third-order valence-corrected chi connectivity index (χ3v) is 5.77. The summed E-state index contributed by atoms with van der Waals surface area (Å²) in [6.45, 7) is 4.97. The minimum atomic E-state index is -0.124. The summed E-state index contributed by atoms with van der Waals surface area (Å²) in [5.74, 6) is 0.0221. The average molecular weight is 357 g/mol. The lowest BCUT2D eigenvalue weighted by Crippen LogP contribution is -2.52. The van der Waals surface area contributed by atoms with E-state index in [1.54, 1.807) is 4.68 Å². The molecule has 0 N–H and O–H groups in total. The van der Waals surface area contributed by atoms with Gasteiger partial charge in [0.15, 0.2) is 5.69 Å². The van der Waals surface area contributed by atoms with E-state index >= 15 is 0 Å². The zero-order valence-corrected chi connectivity index (χ0v) is 15.6. The summed E-state index contributed by atoms with van der Waals surface area (Å²) >= 11 is 0. The van der Waals surface area contributed by atoms with E-state index in [2.05, 4.69) is 5.10 Å². The Balaban J connectivity index is 1.47. The highest BCUT2D eigenvalue weighted by Crippen LogP contribution is 2.36. The Morgan fingerprint density at radius 2 is 2.12 bits per heavy atom. The summed E-state index contributed by atoms with van der Waals surface area (Å²) in [5.41, 5.74) is 1.41. The van der Waals surface area contributed by atoms with Crippen LogP contribution in [0.1, 0.15) is 43.1 Å². The molecule has 6 heteroatoms. The molecule has 3 heterocycles. The molecule has 2 fully saturated rings. The summed E-state index contributed by atoms with van der Waals surface area (Å²) in [7, 11) is 1.88. The largest absolute Gasteiger partial charge is 0.378 e. The molecule has 2 saturated heterocycles. The van der Waals surface area contributed by atoms with Crippen LogP contribution < -0.4 is 0 Å². The van der Waals surface area contributed by atoms with E-state index in [1.807, 2.05) is 43.1 Å². The van der Waals surface area contributed by atoms with E-state index in [1.165, 1.54) is 0 Å². The van der Waals surface area contributed by atoms with Crippen molar-refractivity contribution in [1.82, 2.24) is 14.7 Å². The van der Waals surface area contributed by atoms with Gasteiger partial charge in [-0.25, -0.2) is 0 Å². The number of aryl methyl sites for hydroxylation is 1. The summed E-state index contributed by atoms with van der Waals surface area (Å²) in [6.07, 6.45) is 3.93. The molecular formula is C20H27N3O3. The van der Waals surface area contributed by atoms with Crippen molar-refractivity contribution in [3.63, 3.8) is 0 Å². The van der Waals surface area contributed by atoms with Crippen LogP contribution in [-0.2, 0) is 16.5 Å². The molecule has 1 atom stereocenters. The minimum Gasteiger partial charge on any atom is -0.378 e. The first-order valence-corrected chi connectivity index (χ1v) is 9.58. The van der Waals surface area contributed by atoms with E-state index in [4.69, 9.17) is 9.47 Å². The van der Waals surface area contributed by atoms with Crippen LogP contribution in [0.4, 0.5) is 0 Å². The summed E-state index contributed by atoms with van der Waals surface area (Å²) in [6, 6.07) is 7.89. The van der Waals surface area contributed by atoms with Gasteiger partial charge < -0.3 is 14.4 Å². The third-order valence-electron chi connectivity index (χ3n) is 5.77. The number of hydrogen-bond donors (Lipinski definition) is 0. The Hall–Kier alpha value is -1.92.